The molecule has 1 aliphatic rings. The maximum atomic E-state index is 11.8. The van der Waals surface area contributed by atoms with E-state index in [1.54, 1.807) is 0 Å². The number of carbonyl (C=O) groups excluding carboxylic acids is 1. The highest BCUT2D eigenvalue weighted by Crippen LogP contribution is 2.13. The van der Waals surface area contributed by atoms with Gasteiger partial charge in [0.2, 0.25) is 5.91 Å². The Kier molecular flexibility index (Phi) is 6.20. The van der Waals surface area contributed by atoms with Crippen LogP contribution in [-0.2, 0) is 20.8 Å². The summed E-state index contributed by atoms with van der Waals surface area (Å²) in [7, 11) is 0. The van der Waals surface area contributed by atoms with Gasteiger partial charge in [-0.15, -0.1) is 0 Å². The molecule has 0 radical (unpaired) electrons. The predicted molar refractivity (Wildman–Crippen MR) is 91.8 cm³/mol. The Morgan fingerprint density at radius 2 is 2.29 bits per heavy atom. The molecule has 0 aliphatic carbocycles. The summed E-state index contributed by atoms with van der Waals surface area (Å²) in [6, 6.07) is 8.12. The molecule has 0 spiro atoms. The highest BCUT2D eigenvalue weighted by molar-refractivity contribution is 5.78. The molecular weight excluding hydrogens is 306 g/mol. The maximum absolute atomic E-state index is 11.8. The molecule has 6 heteroatoms. The molecule has 1 N–H and O–H groups in total. The molecule has 6 nitrogen and oxygen atoms in total. The predicted octanol–water partition coefficient (Wildman–Crippen LogP) is 2.13. The minimum Gasteiger partial charge on any atom is -0.376 e. The largest absolute Gasteiger partial charge is 0.376 e. The second-order valence-electron chi connectivity index (χ2n) is 6.13. The van der Waals surface area contributed by atoms with Crippen molar-refractivity contribution in [1.29, 1.82) is 0 Å². The van der Waals surface area contributed by atoms with Crippen LogP contribution in [0.5, 0.6) is 0 Å². The molecule has 130 valence electrons. The van der Waals surface area contributed by atoms with E-state index in [9.17, 15) is 4.79 Å². The molecule has 1 amide bonds. The number of para-hydroxylation sites is 1. The Morgan fingerprint density at radius 1 is 1.38 bits per heavy atom. The fourth-order valence-electron chi connectivity index (χ4n) is 2.93. The molecule has 3 rings (SSSR count). The lowest BCUT2D eigenvalue weighted by molar-refractivity contribution is -0.127. The van der Waals surface area contributed by atoms with Crippen LogP contribution in [0.2, 0.25) is 0 Å². The van der Waals surface area contributed by atoms with Crippen molar-refractivity contribution < 1.29 is 14.3 Å². The van der Waals surface area contributed by atoms with E-state index in [1.807, 2.05) is 29.1 Å². The lowest BCUT2D eigenvalue weighted by atomic mass is 10.1. The first-order valence-corrected chi connectivity index (χ1v) is 8.69. The summed E-state index contributed by atoms with van der Waals surface area (Å²) in [6.45, 7) is 2.82. The van der Waals surface area contributed by atoms with Crippen molar-refractivity contribution in [3.8, 4) is 0 Å². The summed E-state index contributed by atoms with van der Waals surface area (Å²) in [5.74, 6) is -0.0730. The first-order chi connectivity index (χ1) is 11.8. The zero-order chi connectivity index (χ0) is 16.6. The third-order valence-electron chi connectivity index (χ3n) is 4.23. The highest BCUT2D eigenvalue weighted by Gasteiger charge is 2.14. The molecule has 0 saturated carbocycles. The molecule has 0 bridgehead atoms. The Balaban J connectivity index is 1.29. The SMILES string of the molecule is O=C(COC[C@H]1CCCCO1)NCCCn1ncc2ccccc21. The number of ether oxygens (including phenoxy) is 2. The first-order valence-electron chi connectivity index (χ1n) is 8.69. The lowest BCUT2D eigenvalue weighted by Crippen LogP contribution is -2.31. The lowest BCUT2D eigenvalue weighted by Gasteiger charge is -2.22. The van der Waals surface area contributed by atoms with E-state index in [-0.39, 0.29) is 18.6 Å². The third-order valence-corrected chi connectivity index (χ3v) is 4.23. The van der Waals surface area contributed by atoms with Gasteiger partial charge in [0.25, 0.3) is 0 Å². The molecule has 24 heavy (non-hydrogen) atoms. The molecule has 1 aromatic carbocycles. The van der Waals surface area contributed by atoms with E-state index in [4.69, 9.17) is 9.47 Å². The normalized spacial score (nSPS) is 17.9. The Bertz CT molecular complexity index is 650. The number of carbonyl (C=O) groups is 1. The molecular formula is C18H25N3O3. The summed E-state index contributed by atoms with van der Waals surface area (Å²) < 4.78 is 13.0. The molecule has 1 saturated heterocycles. The van der Waals surface area contributed by atoms with Crippen molar-refractivity contribution in [2.24, 2.45) is 0 Å². The average molecular weight is 331 g/mol. The highest BCUT2D eigenvalue weighted by atomic mass is 16.5. The average Bonchev–Trinajstić information content (AvgIpc) is 3.03. The van der Waals surface area contributed by atoms with Crippen molar-refractivity contribution in [3.05, 3.63) is 30.5 Å². The van der Waals surface area contributed by atoms with Gasteiger partial charge in [0, 0.05) is 25.1 Å². The maximum Gasteiger partial charge on any atom is 0.246 e. The van der Waals surface area contributed by atoms with E-state index in [0.29, 0.717) is 13.2 Å². The number of aryl methyl sites for hydroxylation is 1. The number of hydrogen-bond donors (Lipinski definition) is 1. The topological polar surface area (TPSA) is 65.4 Å². The van der Waals surface area contributed by atoms with Crippen molar-refractivity contribution in [2.45, 2.75) is 38.3 Å². The van der Waals surface area contributed by atoms with Gasteiger partial charge in [0.1, 0.15) is 6.61 Å². The van der Waals surface area contributed by atoms with E-state index in [1.165, 1.54) is 6.42 Å². The zero-order valence-electron chi connectivity index (χ0n) is 13.9. The van der Waals surface area contributed by atoms with Gasteiger partial charge in [-0.25, -0.2) is 0 Å². The molecule has 2 heterocycles. The van der Waals surface area contributed by atoms with Crippen LogP contribution >= 0.6 is 0 Å². The molecule has 1 atom stereocenters. The summed E-state index contributed by atoms with van der Waals surface area (Å²) in [5, 5.41) is 8.40. The van der Waals surface area contributed by atoms with Gasteiger partial charge in [-0.3, -0.25) is 9.48 Å². The Labute approximate surface area is 142 Å². The van der Waals surface area contributed by atoms with E-state index in [2.05, 4.69) is 16.5 Å². The number of rotatable bonds is 8. The van der Waals surface area contributed by atoms with Gasteiger partial charge in [-0.1, -0.05) is 18.2 Å². The van der Waals surface area contributed by atoms with Crippen LogP contribution in [0, 0.1) is 0 Å². The second-order valence-corrected chi connectivity index (χ2v) is 6.13. The minimum absolute atomic E-state index is 0.0730. The van der Waals surface area contributed by atoms with Gasteiger partial charge < -0.3 is 14.8 Å². The van der Waals surface area contributed by atoms with E-state index in [0.717, 1.165) is 43.3 Å². The third kappa shape index (κ3) is 4.79. The second kappa shape index (κ2) is 8.80. The standard InChI is InChI=1S/C18H25N3O3/c22-18(14-23-13-16-7-3-4-11-24-16)19-9-5-10-21-17-8-2-1-6-15(17)12-20-21/h1-2,6,8,12,16H,3-5,7,9-11,13-14H2,(H,19,22)/t16-/m1/s1. The summed E-state index contributed by atoms with van der Waals surface area (Å²) in [4.78, 5) is 11.8. The number of hydrogen-bond acceptors (Lipinski definition) is 4. The first kappa shape index (κ1) is 16.9. The Morgan fingerprint density at radius 3 is 3.17 bits per heavy atom. The van der Waals surface area contributed by atoms with Crippen molar-refractivity contribution >= 4 is 16.8 Å². The number of nitrogens with zero attached hydrogens (tertiary/aromatic N) is 2. The van der Waals surface area contributed by atoms with E-state index >= 15 is 0 Å². The fourth-order valence-corrected chi connectivity index (χ4v) is 2.93. The molecule has 2 aromatic rings. The molecule has 1 aromatic heterocycles. The Hall–Kier alpha value is -1.92. The van der Waals surface area contributed by atoms with Gasteiger partial charge in [-0.05, 0) is 31.7 Å². The van der Waals surface area contributed by atoms with Gasteiger partial charge in [-0.2, -0.15) is 5.10 Å². The smallest absolute Gasteiger partial charge is 0.246 e. The number of benzene rings is 1. The van der Waals surface area contributed by atoms with Crippen molar-refractivity contribution in [2.75, 3.05) is 26.4 Å². The number of nitrogens with one attached hydrogen (secondary N) is 1. The molecule has 1 fully saturated rings. The zero-order valence-corrected chi connectivity index (χ0v) is 13.9. The summed E-state index contributed by atoms with van der Waals surface area (Å²) >= 11 is 0. The van der Waals surface area contributed by atoms with Crippen molar-refractivity contribution in [1.82, 2.24) is 15.1 Å². The van der Waals surface area contributed by atoms with Crippen LogP contribution in [0.3, 0.4) is 0 Å². The monoisotopic (exact) mass is 331 g/mol. The van der Waals surface area contributed by atoms with Crippen LogP contribution in [0.15, 0.2) is 30.5 Å². The van der Waals surface area contributed by atoms with Gasteiger partial charge in [0.05, 0.1) is 24.4 Å². The van der Waals surface area contributed by atoms with Crippen LogP contribution in [0.25, 0.3) is 10.9 Å². The molecule has 0 unspecified atom stereocenters. The van der Waals surface area contributed by atoms with Gasteiger partial charge in [0.15, 0.2) is 0 Å². The number of fused-ring (bicyclic) bond motifs is 1. The van der Waals surface area contributed by atoms with Crippen LogP contribution < -0.4 is 5.32 Å². The van der Waals surface area contributed by atoms with Crippen LogP contribution in [0.4, 0.5) is 0 Å². The summed E-state index contributed by atoms with van der Waals surface area (Å²) in [5.41, 5.74) is 1.12. The fraction of sp³-hybridized carbons (Fsp3) is 0.556. The van der Waals surface area contributed by atoms with Crippen LogP contribution in [-0.4, -0.2) is 48.2 Å². The van der Waals surface area contributed by atoms with E-state index < -0.39 is 0 Å². The van der Waals surface area contributed by atoms with Crippen molar-refractivity contribution in [3.63, 3.8) is 0 Å². The number of aromatic nitrogens is 2. The summed E-state index contributed by atoms with van der Waals surface area (Å²) in [6.07, 6.45) is 6.20. The van der Waals surface area contributed by atoms with Crippen LogP contribution in [0.1, 0.15) is 25.7 Å². The minimum atomic E-state index is -0.0730. The quantitative estimate of drug-likeness (QED) is 0.753. The van der Waals surface area contributed by atoms with Gasteiger partial charge >= 0.3 is 0 Å². The number of amides is 1. The molecule has 1 aliphatic heterocycles.